The Hall–Kier alpha value is -3.45. The number of methoxy groups -OCH3 is 1. The first-order chi connectivity index (χ1) is 19.2. The molecule has 3 aromatic rings. The van der Waals surface area contributed by atoms with Gasteiger partial charge < -0.3 is 29.5 Å². The highest BCUT2D eigenvalue weighted by Gasteiger charge is 2.35. The van der Waals surface area contributed by atoms with E-state index in [0.717, 1.165) is 32.0 Å². The van der Waals surface area contributed by atoms with E-state index in [-0.39, 0.29) is 30.0 Å². The van der Waals surface area contributed by atoms with Crippen molar-refractivity contribution in [3.63, 3.8) is 0 Å². The summed E-state index contributed by atoms with van der Waals surface area (Å²) in [5, 5.41) is 4.06. The van der Waals surface area contributed by atoms with Crippen LogP contribution in [-0.2, 0) is 4.74 Å². The molecule has 3 atom stereocenters. The Labute approximate surface area is 230 Å². The average molecular weight is 562 g/mol. The molecule has 0 saturated carbocycles. The van der Waals surface area contributed by atoms with Crippen molar-refractivity contribution in [2.45, 2.75) is 50.7 Å². The van der Waals surface area contributed by atoms with Gasteiger partial charge in [0.15, 0.2) is 23.2 Å². The predicted octanol–water partition coefficient (Wildman–Crippen LogP) is 3.64. The van der Waals surface area contributed by atoms with E-state index < -0.39 is 29.4 Å². The van der Waals surface area contributed by atoms with Crippen LogP contribution < -0.4 is 20.3 Å². The molecule has 2 aliphatic rings. The van der Waals surface area contributed by atoms with E-state index in [2.05, 4.69) is 25.0 Å². The lowest BCUT2D eigenvalue weighted by atomic mass is 9.91. The Morgan fingerprint density at radius 3 is 2.38 bits per heavy atom. The summed E-state index contributed by atoms with van der Waals surface area (Å²) in [6.07, 6.45) is 4.70. The van der Waals surface area contributed by atoms with Crippen molar-refractivity contribution in [2.24, 2.45) is 11.7 Å². The van der Waals surface area contributed by atoms with Gasteiger partial charge in [-0.25, -0.2) is 23.1 Å². The summed E-state index contributed by atoms with van der Waals surface area (Å²) >= 11 is 0. The number of anilines is 2. The quantitative estimate of drug-likeness (QED) is 0.388. The number of halogens is 3. The molecule has 0 radical (unpaired) electrons. The van der Waals surface area contributed by atoms with Gasteiger partial charge in [-0.3, -0.25) is 0 Å². The maximum atomic E-state index is 14.4. The minimum Gasteiger partial charge on any atom is -0.484 e. The van der Waals surface area contributed by atoms with Crippen LogP contribution in [0.3, 0.4) is 0 Å². The van der Waals surface area contributed by atoms with Crippen LogP contribution in [0.5, 0.6) is 5.75 Å². The Morgan fingerprint density at radius 2 is 1.73 bits per heavy atom. The molecule has 216 valence electrons. The summed E-state index contributed by atoms with van der Waals surface area (Å²) < 4.78 is 58.6. The summed E-state index contributed by atoms with van der Waals surface area (Å²) in [7, 11) is 1.64. The second-order valence-corrected chi connectivity index (χ2v) is 10.7. The fraction of sp³-hybridized carbons (Fsp3) is 0.556. The SMILES string of the molecule is COC[C@H](Oc1cnc(N2C[C@H](c3cc(F)c(F)cc3F)[C@@H](N)C2)nc1)C1CCN(c2nc(C(C)C)no2)CC1. The van der Waals surface area contributed by atoms with Crippen molar-refractivity contribution in [1.82, 2.24) is 20.1 Å². The average Bonchev–Trinajstić information content (AvgIpc) is 3.59. The summed E-state index contributed by atoms with van der Waals surface area (Å²) in [5.41, 5.74) is 6.28. The van der Waals surface area contributed by atoms with E-state index in [9.17, 15) is 13.2 Å². The van der Waals surface area contributed by atoms with Crippen LogP contribution in [0.25, 0.3) is 0 Å². The van der Waals surface area contributed by atoms with Gasteiger partial charge in [-0.1, -0.05) is 19.0 Å². The molecule has 40 heavy (non-hydrogen) atoms. The fourth-order valence-corrected chi connectivity index (χ4v) is 5.33. The van der Waals surface area contributed by atoms with E-state index >= 15 is 0 Å². The van der Waals surface area contributed by atoms with Crippen LogP contribution in [0, 0.1) is 23.4 Å². The zero-order chi connectivity index (χ0) is 28.4. The normalized spacial score (nSPS) is 20.9. The van der Waals surface area contributed by atoms with E-state index in [4.69, 9.17) is 19.7 Å². The van der Waals surface area contributed by atoms with Crippen LogP contribution >= 0.6 is 0 Å². The number of rotatable bonds is 9. The number of piperidine rings is 1. The molecule has 13 heteroatoms. The third-order valence-corrected chi connectivity index (χ3v) is 7.60. The molecule has 0 unspecified atom stereocenters. The lowest BCUT2D eigenvalue weighted by Crippen LogP contribution is -2.41. The summed E-state index contributed by atoms with van der Waals surface area (Å²) in [5.74, 6) is -1.65. The van der Waals surface area contributed by atoms with Crippen molar-refractivity contribution in [2.75, 3.05) is 49.7 Å². The van der Waals surface area contributed by atoms with Crippen molar-refractivity contribution in [1.29, 1.82) is 0 Å². The van der Waals surface area contributed by atoms with Crippen LogP contribution in [0.2, 0.25) is 0 Å². The second-order valence-electron chi connectivity index (χ2n) is 10.7. The largest absolute Gasteiger partial charge is 0.484 e. The molecule has 2 saturated heterocycles. The highest BCUT2D eigenvalue weighted by molar-refractivity contribution is 5.39. The molecule has 4 heterocycles. The van der Waals surface area contributed by atoms with Gasteiger partial charge >= 0.3 is 6.01 Å². The van der Waals surface area contributed by atoms with Crippen LogP contribution in [0.15, 0.2) is 29.0 Å². The topological polar surface area (TPSA) is 116 Å². The van der Waals surface area contributed by atoms with E-state index in [1.54, 1.807) is 24.4 Å². The van der Waals surface area contributed by atoms with Crippen molar-refractivity contribution in [3.05, 3.63) is 53.4 Å². The van der Waals surface area contributed by atoms with E-state index in [1.807, 2.05) is 13.8 Å². The third-order valence-electron chi connectivity index (χ3n) is 7.60. The standard InChI is InChI=1S/C27H34F3N7O3/c1-15(2)25-34-27(40-35-25)36-6-4-16(5-7-36)24(14-38-3)39-17-10-32-26(33-11-17)37-12-19(23(31)13-37)18-8-21(29)22(30)9-20(18)28/h8-11,15-16,19,23-24H,4-7,12-14,31H2,1-3H3/t19-,23+,24+/m1/s1. The number of benzene rings is 1. The monoisotopic (exact) mass is 561 g/mol. The molecule has 5 rings (SSSR count). The minimum atomic E-state index is -1.23. The summed E-state index contributed by atoms with van der Waals surface area (Å²) in [4.78, 5) is 17.3. The molecule has 2 aromatic heterocycles. The predicted molar refractivity (Wildman–Crippen MR) is 141 cm³/mol. The first kappa shape index (κ1) is 28.1. The van der Waals surface area contributed by atoms with Gasteiger partial charge in [0.05, 0.1) is 19.0 Å². The smallest absolute Gasteiger partial charge is 0.324 e. The lowest BCUT2D eigenvalue weighted by molar-refractivity contribution is 0.0340. The lowest BCUT2D eigenvalue weighted by Gasteiger charge is -2.34. The Balaban J connectivity index is 1.19. The van der Waals surface area contributed by atoms with Crippen LogP contribution in [-0.4, -0.2) is 72.2 Å². The van der Waals surface area contributed by atoms with Crippen LogP contribution in [0.1, 0.15) is 49.9 Å². The summed E-state index contributed by atoms with van der Waals surface area (Å²) in [6.45, 7) is 6.60. The molecule has 0 spiro atoms. The van der Waals surface area contributed by atoms with Gasteiger partial charge in [0.2, 0.25) is 5.95 Å². The second kappa shape index (κ2) is 12.0. The molecule has 2 aliphatic heterocycles. The zero-order valence-electron chi connectivity index (χ0n) is 22.8. The highest BCUT2D eigenvalue weighted by atomic mass is 19.2. The minimum absolute atomic E-state index is 0.0433. The Morgan fingerprint density at radius 1 is 1.02 bits per heavy atom. The van der Waals surface area contributed by atoms with Gasteiger partial charge in [0.25, 0.3) is 0 Å². The van der Waals surface area contributed by atoms with Gasteiger partial charge in [-0.05, 0) is 24.5 Å². The third kappa shape index (κ3) is 5.99. The van der Waals surface area contributed by atoms with Crippen molar-refractivity contribution >= 4 is 12.0 Å². The number of nitrogens with two attached hydrogens (primary N) is 1. The van der Waals surface area contributed by atoms with Gasteiger partial charge in [-0.2, -0.15) is 4.98 Å². The Bertz CT molecular complexity index is 1280. The molecular formula is C27H34F3N7O3. The number of ether oxygens (including phenoxy) is 2. The van der Waals surface area contributed by atoms with Gasteiger partial charge in [-0.15, -0.1) is 0 Å². The molecule has 10 nitrogen and oxygen atoms in total. The number of nitrogens with zero attached hydrogens (tertiary/aromatic N) is 6. The highest BCUT2D eigenvalue weighted by Crippen LogP contribution is 2.32. The number of hydrogen-bond acceptors (Lipinski definition) is 10. The maximum absolute atomic E-state index is 14.4. The molecule has 0 amide bonds. The first-order valence-electron chi connectivity index (χ1n) is 13.4. The van der Waals surface area contributed by atoms with Gasteiger partial charge in [0, 0.05) is 63.2 Å². The van der Waals surface area contributed by atoms with E-state index in [0.29, 0.717) is 42.8 Å². The molecule has 0 aliphatic carbocycles. The molecule has 2 N–H and O–H groups in total. The van der Waals surface area contributed by atoms with E-state index in [1.165, 1.54) is 0 Å². The van der Waals surface area contributed by atoms with Crippen molar-refractivity contribution < 1.29 is 27.2 Å². The maximum Gasteiger partial charge on any atom is 0.324 e. The summed E-state index contributed by atoms with van der Waals surface area (Å²) in [6, 6.07) is 1.48. The van der Waals surface area contributed by atoms with Gasteiger partial charge in [0.1, 0.15) is 11.9 Å². The number of hydrogen-bond donors (Lipinski definition) is 1. The molecule has 0 bridgehead atoms. The first-order valence-corrected chi connectivity index (χ1v) is 13.4. The molecule has 2 fully saturated rings. The molecule has 1 aromatic carbocycles. The molecular weight excluding hydrogens is 527 g/mol. The van der Waals surface area contributed by atoms with Crippen molar-refractivity contribution in [3.8, 4) is 5.75 Å². The van der Waals surface area contributed by atoms with Crippen LogP contribution in [0.4, 0.5) is 25.1 Å². The number of aromatic nitrogens is 4. The fourth-order valence-electron chi connectivity index (χ4n) is 5.33. The zero-order valence-corrected chi connectivity index (χ0v) is 22.8. The Kier molecular flexibility index (Phi) is 8.40.